The Balaban J connectivity index is 1.75. The summed E-state index contributed by atoms with van der Waals surface area (Å²) in [6, 6.07) is 12.7. The second-order valence-corrected chi connectivity index (χ2v) is 6.14. The predicted molar refractivity (Wildman–Crippen MR) is 89.7 cm³/mol. The number of carbonyl (C=O) groups is 1. The Morgan fingerprint density at radius 3 is 2.76 bits per heavy atom. The van der Waals surface area contributed by atoms with Gasteiger partial charge in [-0.3, -0.25) is 4.79 Å². The zero-order valence-electron chi connectivity index (χ0n) is 13.7. The Labute approximate surface area is 144 Å². The number of carbonyl (C=O) groups excluding carboxylic acids is 1. The minimum atomic E-state index is -1.75. The van der Waals surface area contributed by atoms with Crippen molar-refractivity contribution in [2.75, 3.05) is 18.1 Å². The van der Waals surface area contributed by atoms with Crippen molar-refractivity contribution in [2.45, 2.75) is 18.9 Å². The summed E-state index contributed by atoms with van der Waals surface area (Å²) in [5.74, 6) is -0.524. The van der Waals surface area contributed by atoms with Gasteiger partial charge in [-0.05, 0) is 55.3 Å². The van der Waals surface area contributed by atoms with Gasteiger partial charge in [0.25, 0.3) is 5.91 Å². The van der Waals surface area contributed by atoms with E-state index in [4.69, 9.17) is 10.00 Å². The van der Waals surface area contributed by atoms with Gasteiger partial charge < -0.3 is 14.7 Å². The number of nitrogens with zero attached hydrogens (tertiary/aromatic N) is 2. The minimum absolute atomic E-state index is 0.263. The zero-order valence-corrected chi connectivity index (χ0v) is 13.7. The first-order valence-electron chi connectivity index (χ1n) is 7.87. The van der Waals surface area contributed by atoms with Crippen molar-refractivity contribution in [1.82, 2.24) is 0 Å². The van der Waals surface area contributed by atoms with Gasteiger partial charge in [0.2, 0.25) is 0 Å². The van der Waals surface area contributed by atoms with E-state index in [0.29, 0.717) is 30.0 Å². The molecule has 0 saturated heterocycles. The van der Waals surface area contributed by atoms with Crippen LogP contribution in [0.25, 0.3) is 0 Å². The molecule has 0 saturated carbocycles. The highest BCUT2D eigenvalue weighted by Crippen LogP contribution is 2.32. The highest BCUT2D eigenvalue weighted by molar-refractivity contribution is 6.01. The number of rotatable bonds is 4. The molecule has 0 aromatic heterocycles. The highest BCUT2D eigenvalue weighted by Gasteiger charge is 2.39. The summed E-state index contributed by atoms with van der Waals surface area (Å²) < 4.78 is 18.3. The van der Waals surface area contributed by atoms with Crippen LogP contribution in [0.3, 0.4) is 0 Å². The standard InChI is InChI=1S/C19H17FN2O3/c1-19(24,12-25-15-7-5-14(20)6-8-15)18(23)22-10-9-16-13(11-21)3-2-4-17(16)22/h2-8,24H,9-10,12H2,1H3. The average molecular weight is 340 g/mol. The van der Waals surface area contributed by atoms with Gasteiger partial charge in [-0.2, -0.15) is 5.26 Å². The molecule has 1 aliphatic rings. The summed E-state index contributed by atoms with van der Waals surface area (Å²) in [4.78, 5) is 14.2. The van der Waals surface area contributed by atoms with E-state index in [2.05, 4.69) is 6.07 Å². The van der Waals surface area contributed by atoms with Crippen LogP contribution >= 0.6 is 0 Å². The maximum atomic E-state index is 12.9. The van der Waals surface area contributed by atoms with E-state index < -0.39 is 17.3 Å². The Morgan fingerprint density at radius 2 is 2.08 bits per heavy atom. The number of halogens is 1. The number of nitriles is 1. The first-order chi connectivity index (χ1) is 11.9. The summed E-state index contributed by atoms with van der Waals surface area (Å²) in [7, 11) is 0. The molecule has 5 nitrogen and oxygen atoms in total. The van der Waals surface area contributed by atoms with Crippen molar-refractivity contribution in [1.29, 1.82) is 5.26 Å². The number of anilines is 1. The lowest BCUT2D eigenvalue weighted by atomic mass is 10.0. The van der Waals surface area contributed by atoms with Crippen molar-refractivity contribution >= 4 is 11.6 Å². The van der Waals surface area contributed by atoms with Gasteiger partial charge in [0, 0.05) is 12.2 Å². The van der Waals surface area contributed by atoms with Crippen molar-refractivity contribution in [3.63, 3.8) is 0 Å². The highest BCUT2D eigenvalue weighted by atomic mass is 19.1. The molecular formula is C19H17FN2O3. The maximum absolute atomic E-state index is 12.9. The summed E-state index contributed by atoms with van der Waals surface area (Å²) in [5, 5.41) is 19.7. The molecule has 2 aromatic rings. The SMILES string of the molecule is CC(O)(COc1ccc(F)cc1)C(=O)N1CCc2c(C#N)cccc21. The van der Waals surface area contributed by atoms with Gasteiger partial charge in [-0.25, -0.2) is 4.39 Å². The van der Waals surface area contributed by atoms with Gasteiger partial charge >= 0.3 is 0 Å². The number of aliphatic hydroxyl groups is 1. The Morgan fingerprint density at radius 1 is 1.36 bits per heavy atom. The molecule has 1 unspecified atom stereocenters. The van der Waals surface area contributed by atoms with Crippen LogP contribution in [-0.4, -0.2) is 29.8 Å². The fourth-order valence-corrected chi connectivity index (χ4v) is 2.86. The van der Waals surface area contributed by atoms with Gasteiger partial charge in [-0.1, -0.05) is 6.07 Å². The van der Waals surface area contributed by atoms with Crippen LogP contribution in [0.4, 0.5) is 10.1 Å². The van der Waals surface area contributed by atoms with Crippen LogP contribution in [0.1, 0.15) is 18.1 Å². The van der Waals surface area contributed by atoms with Crippen molar-refractivity contribution in [3.8, 4) is 11.8 Å². The second-order valence-electron chi connectivity index (χ2n) is 6.14. The molecule has 0 fully saturated rings. The summed E-state index contributed by atoms with van der Waals surface area (Å²) in [6.45, 7) is 1.52. The fraction of sp³-hybridized carbons (Fsp3) is 0.263. The van der Waals surface area contributed by atoms with Gasteiger partial charge in [0.05, 0.1) is 11.6 Å². The second kappa shape index (κ2) is 6.54. The Bertz CT molecular complexity index is 841. The quantitative estimate of drug-likeness (QED) is 0.928. The first-order valence-corrected chi connectivity index (χ1v) is 7.87. The lowest BCUT2D eigenvalue weighted by Gasteiger charge is -2.28. The number of benzene rings is 2. The minimum Gasteiger partial charge on any atom is -0.490 e. The molecule has 128 valence electrons. The molecule has 3 rings (SSSR count). The number of ether oxygens (including phenoxy) is 1. The molecule has 1 amide bonds. The Hall–Kier alpha value is -2.91. The van der Waals surface area contributed by atoms with E-state index in [0.717, 1.165) is 5.56 Å². The lowest BCUT2D eigenvalue weighted by Crippen LogP contribution is -2.50. The van der Waals surface area contributed by atoms with Crippen molar-refractivity contribution in [2.24, 2.45) is 0 Å². The smallest absolute Gasteiger partial charge is 0.262 e. The van der Waals surface area contributed by atoms with E-state index in [1.807, 2.05) is 0 Å². The van der Waals surface area contributed by atoms with E-state index >= 15 is 0 Å². The van der Waals surface area contributed by atoms with Crippen LogP contribution in [0.15, 0.2) is 42.5 Å². The summed E-state index contributed by atoms with van der Waals surface area (Å²) in [5.41, 5.74) is 0.244. The van der Waals surface area contributed by atoms with Crippen LogP contribution in [0.2, 0.25) is 0 Å². The van der Waals surface area contributed by atoms with Crippen LogP contribution in [-0.2, 0) is 11.2 Å². The van der Waals surface area contributed by atoms with Crippen LogP contribution in [0, 0.1) is 17.1 Å². The zero-order chi connectivity index (χ0) is 18.0. The molecule has 1 N–H and O–H groups in total. The van der Waals surface area contributed by atoms with Gasteiger partial charge in [-0.15, -0.1) is 0 Å². The molecule has 0 radical (unpaired) electrons. The van der Waals surface area contributed by atoms with E-state index in [-0.39, 0.29) is 6.61 Å². The normalized spacial score (nSPS) is 15.2. The third-order valence-electron chi connectivity index (χ3n) is 4.19. The molecule has 0 spiro atoms. The van der Waals surface area contributed by atoms with Gasteiger partial charge in [0.15, 0.2) is 5.60 Å². The lowest BCUT2D eigenvalue weighted by molar-refractivity contribution is -0.137. The number of amides is 1. The van der Waals surface area contributed by atoms with E-state index in [1.165, 1.54) is 36.1 Å². The Kier molecular flexibility index (Phi) is 4.43. The molecule has 25 heavy (non-hydrogen) atoms. The molecule has 6 heteroatoms. The third-order valence-corrected chi connectivity index (χ3v) is 4.19. The fourth-order valence-electron chi connectivity index (χ4n) is 2.86. The number of hydrogen-bond acceptors (Lipinski definition) is 4. The molecule has 2 aromatic carbocycles. The van der Waals surface area contributed by atoms with Gasteiger partial charge in [0.1, 0.15) is 18.2 Å². The molecular weight excluding hydrogens is 323 g/mol. The predicted octanol–water partition coefficient (Wildman–Crippen LogP) is 2.42. The van der Waals surface area contributed by atoms with E-state index in [1.54, 1.807) is 18.2 Å². The third kappa shape index (κ3) is 3.32. The van der Waals surface area contributed by atoms with Crippen molar-refractivity contribution < 1.29 is 19.0 Å². The van der Waals surface area contributed by atoms with Crippen LogP contribution < -0.4 is 9.64 Å². The molecule has 0 aliphatic carbocycles. The molecule has 0 bridgehead atoms. The molecule has 1 heterocycles. The van der Waals surface area contributed by atoms with E-state index in [9.17, 15) is 14.3 Å². The number of fused-ring (bicyclic) bond motifs is 1. The summed E-state index contributed by atoms with van der Waals surface area (Å²) >= 11 is 0. The first kappa shape index (κ1) is 16.9. The molecule has 1 atom stereocenters. The largest absolute Gasteiger partial charge is 0.490 e. The number of hydrogen-bond donors (Lipinski definition) is 1. The summed E-state index contributed by atoms with van der Waals surface area (Å²) in [6.07, 6.45) is 0.569. The van der Waals surface area contributed by atoms with Crippen LogP contribution in [0.5, 0.6) is 5.75 Å². The monoisotopic (exact) mass is 340 g/mol. The van der Waals surface area contributed by atoms with Crippen molar-refractivity contribution in [3.05, 3.63) is 59.4 Å². The average Bonchev–Trinajstić information content (AvgIpc) is 3.04. The molecule has 1 aliphatic heterocycles. The maximum Gasteiger partial charge on any atom is 0.262 e. The topological polar surface area (TPSA) is 73.6 Å².